The largest absolute Gasteiger partial charge is 0.403 e. The van der Waals surface area contributed by atoms with Gasteiger partial charge in [-0.05, 0) is 51.9 Å². The van der Waals surface area contributed by atoms with Crippen molar-refractivity contribution in [1.29, 1.82) is 0 Å². The first-order valence-corrected chi connectivity index (χ1v) is 8.94. The van der Waals surface area contributed by atoms with E-state index in [9.17, 15) is 9.46 Å². The Hall–Kier alpha value is 0.110. The smallest absolute Gasteiger partial charge is 0.312 e. The summed E-state index contributed by atoms with van der Waals surface area (Å²) >= 11 is 0. The molecular formula is C15H34NO3P. The van der Waals surface area contributed by atoms with E-state index in [1.807, 2.05) is 27.7 Å². The van der Waals surface area contributed by atoms with E-state index in [1.54, 1.807) is 0 Å². The van der Waals surface area contributed by atoms with Gasteiger partial charge in [0.2, 0.25) is 0 Å². The lowest BCUT2D eigenvalue weighted by molar-refractivity contribution is 0.0451. The van der Waals surface area contributed by atoms with Gasteiger partial charge in [0.25, 0.3) is 0 Å². The zero-order valence-electron chi connectivity index (χ0n) is 14.7. The Morgan fingerprint density at radius 2 is 1.55 bits per heavy atom. The molecule has 2 N–H and O–H groups in total. The third-order valence-corrected chi connectivity index (χ3v) is 4.32. The second-order valence-electron chi connectivity index (χ2n) is 8.70. The molecule has 0 aromatic heterocycles. The normalized spacial score (nSPS) is 17.4. The Kier molecular flexibility index (Phi) is 6.51. The van der Waals surface area contributed by atoms with Gasteiger partial charge in [-0.15, -0.1) is 0 Å². The summed E-state index contributed by atoms with van der Waals surface area (Å²) in [5, 5.41) is 2.79. The first-order valence-electron chi connectivity index (χ1n) is 7.37. The SMILES string of the molecule is CC(C)CC(C)(C)NP(=O)(O)OC(C)(C)CC(C)(C)C. The highest BCUT2D eigenvalue weighted by Crippen LogP contribution is 2.47. The van der Waals surface area contributed by atoms with Gasteiger partial charge in [0.15, 0.2) is 0 Å². The number of hydrogen-bond acceptors (Lipinski definition) is 2. The number of nitrogens with one attached hydrogen (secondary N) is 1. The van der Waals surface area contributed by atoms with Crippen LogP contribution >= 0.6 is 7.75 Å². The van der Waals surface area contributed by atoms with E-state index in [0.29, 0.717) is 12.3 Å². The molecule has 0 fully saturated rings. The van der Waals surface area contributed by atoms with Crippen molar-refractivity contribution in [2.75, 3.05) is 0 Å². The molecule has 1 unspecified atom stereocenters. The second kappa shape index (κ2) is 6.48. The summed E-state index contributed by atoms with van der Waals surface area (Å²) in [6.07, 6.45) is 1.51. The molecular weight excluding hydrogens is 273 g/mol. The summed E-state index contributed by atoms with van der Waals surface area (Å²) in [4.78, 5) is 10.1. The minimum absolute atomic E-state index is 0.0386. The van der Waals surface area contributed by atoms with Gasteiger partial charge >= 0.3 is 7.75 Å². The maximum Gasteiger partial charge on any atom is 0.403 e. The van der Waals surface area contributed by atoms with Gasteiger partial charge in [-0.3, -0.25) is 4.52 Å². The third-order valence-electron chi connectivity index (χ3n) is 2.69. The summed E-state index contributed by atoms with van der Waals surface area (Å²) in [6, 6.07) is 0. The summed E-state index contributed by atoms with van der Waals surface area (Å²) < 4.78 is 17.9. The molecule has 0 aliphatic heterocycles. The minimum Gasteiger partial charge on any atom is -0.312 e. The van der Waals surface area contributed by atoms with Crippen LogP contribution in [0.1, 0.15) is 75.2 Å². The highest BCUT2D eigenvalue weighted by Gasteiger charge is 2.37. The summed E-state index contributed by atoms with van der Waals surface area (Å²) in [7, 11) is -3.83. The van der Waals surface area contributed by atoms with Crippen LogP contribution in [0.4, 0.5) is 0 Å². The molecule has 4 nitrogen and oxygen atoms in total. The first kappa shape index (κ1) is 20.1. The van der Waals surface area contributed by atoms with Gasteiger partial charge in [0, 0.05) is 5.54 Å². The lowest BCUT2D eigenvalue weighted by atomic mass is 9.84. The average molecular weight is 307 g/mol. The molecule has 20 heavy (non-hydrogen) atoms. The Morgan fingerprint density at radius 1 is 1.10 bits per heavy atom. The van der Waals surface area contributed by atoms with Crippen LogP contribution in [0, 0.1) is 11.3 Å². The molecule has 0 spiro atoms. The molecule has 0 amide bonds. The number of hydrogen-bond donors (Lipinski definition) is 2. The second-order valence-corrected chi connectivity index (χ2v) is 10.1. The van der Waals surface area contributed by atoms with E-state index in [1.165, 1.54) is 0 Å². The molecule has 0 bridgehead atoms. The molecule has 0 heterocycles. The highest BCUT2D eigenvalue weighted by atomic mass is 31.2. The van der Waals surface area contributed by atoms with Crippen molar-refractivity contribution in [2.24, 2.45) is 11.3 Å². The molecule has 0 saturated carbocycles. The van der Waals surface area contributed by atoms with Crippen molar-refractivity contribution in [3.63, 3.8) is 0 Å². The molecule has 0 rings (SSSR count). The van der Waals surface area contributed by atoms with Crippen LogP contribution in [0.2, 0.25) is 0 Å². The molecule has 0 saturated heterocycles. The van der Waals surface area contributed by atoms with Crippen LogP contribution in [0.3, 0.4) is 0 Å². The van der Waals surface area contributed by atoms with Crippen molar-refractivity contribution >= 4 is 7.75 Å². The fourth-order valence-corrected chi connectivity index (χ4v) is 4.75. The standard InChI is InChI=1S/C15H34NO3P/c1-12(2)10-14(6,7)16-20(17,18)19-15(8,9)11-13(3,4)5/h12H,10-11H2,1-9H3,(H2,16,17,18). The number of rotatable bonds is 7. The predicted octanol–water partition coefficient (Wildman–Crippen LogP) is 4.73. The lowest BCUT2D eigenvalue weighted by Crippen LogP contribution is -2.40. The Balaban J connectivity index is 4.78. The topological polar surface area (TPSA) is 58.6 Å². The van der Waals surface area contributed by atoms with Crippen molar-refractivity contribution in [1.82, 2.24) is 5.09 Å². The summed E-state index contributed by atoms with van der Waals surface area (Å²) in [6.45, 7) is 18.0. The van der Waals surface area contributed by atoms with E-state index >= 15 is 0 Å². The molecule has 5 heteroatoms. The van der Waals surface area contributed by atoms with Crippen LogP contribution in [0.25, 0.3) is 0 Å². The fourth-order valence-electron chi connectivity index (χ4n) is 3.12. The van der Waals surface area contributed by atoms with Gasteiger partial charge < -0.3 is 4.89 Å². The van der Waals surface area contributed by atoms with E-state index in [0.717, 1.165) is 6.42 Å². The van der Waals surface area contributed by atoms with Gasteiger partial charge in [-0.25, -0.2) is 9.65 Å². The molecule has 0 aliphatic rings. The molecule has 0 aliphatic carbocycles. The zero-order chi connectivity index (χ0) is 16.4. The Labute approximate surface area is 125 Å². The first-order chi connectivity index (χ1) is 8.54. The van der Waals surface area contributed by atoms with Crippen LogP contribution in [-0.4, -0.2) is 16.0 Å². The molecule has 0 aromatic carbocycles. The van der Waals surface area contributed by atoms with Gasteiger partial charge in [0.1, 0.15) is 0 Å². The minimum atomic E-state index is -3.83. The Bertz CT molecular complexity index is 357. The maximum absolute atomic E-state index is 12.3. The molecule has 1 atom stereocenters. The van der Waals surface area contributed by atoms with E-state index in [-0.39, 0.29) is 5.41 Å². The third kappa shape index (κ3) is 9.93. The lowest BCUT2D eigenvalue weighted by Gasteiger charge is -2.36. The molecule has 0 aromatic rings. The maximum atomic E-state index is 12.3. The summed E-state index contributed by atoms with van der Waals surface area (Å²) in [5.41, 5.74) is -1.04. The van der Waals surface area contributed by atoms with Crippen molar-refractivity contribution in [3.8, 4) is 0 Å². The predicted molar refractivity (Wildman–Crippen MR) is 85.7 cm³/mol. The quantitative estimate of drug-likeness (QED) is 0.667. The van der Waals surface area contributed by atoms with E-state index < -0.39 is 18.9 Å². The highest BCUT2D eigenvalue weighted by molar-refractivity contribution is 7.50. The Morgan fingerprint density at radius 3 is 1.90 bits per heavy atom. The van der Waals surface area contributed by atoms with Crippen molar-refractivity contribution in [3.05, 3.63) is 0 Å². The molecule has 122 valence electrons. The zero-order valence-corrected chi connectivity index (χ0v) is 15.6. The van der Waals surface area contributed by atoms with Gasteiger partial charge in [0.05, 0.1) is 5.60 Å². The molecule has 0 radical (unpaired) electrons. The van der Waals surface area contributed by atoms with E-state index in [2.05, 4.69) is 39.7 Å². The van der Waals surface area contributed by atoms with Crippen LogP contribution in [0.5, 0.6) is 0 Å². The van der Waals surface area contributed by atoms with Crippen LogP contribution in [-0.2, 0) is 9.09 Å². The van der Waals surface area contributed by atoms with E-state index in [4.69, 9.17) is 4.52 Å². The fraction of sp³-hybridized carbons (Fsp3) is 1.00. The van der Waals surface area contributed by atoms with Gasteiger partial charge in [-0.2, -0.15) is 0 Å². The average Bonchev–Trinajstić information content (AvgIpc) is 1.86. The van der Waals surface area contributed by atoms with Crippen molar-refractivity contribution in [2.45, 2.75) is 86.3 Å². The van der Waals surface area contributed by atoms with Crippen LogP contribution in [0.15, 0.2) is 0 Å². The monoisotopic (exact) mass is 307 g/mol. The van der Waals surface area contributed by atoms with Crippen molar-refractivity contribution < 1.29 is 14.0 Å². The summed E-state index contributed by atoms with van der Waals surface area (Å²) in [5.74, 6) is 0.445. The van der Waals surface area contributed by atoms with Crippen LogP contribution < -0.4 is 5.09 Å². The van der Waals surface area contributed by atoms with Gasteiger partial charge in [-0.1, -0.05) is 34.6 Å².